The van der Waals surface area contributed by atoms with Crippen LogP contribution in [0.25, 0.3) is 0 Å². The molecule has 0 radical (unpaired) electrons. The van der Waals surface area contributed by atoms with Gasteiger partial charge in [-0.25, -0.2) is 9.59 Å². The Morgan fingerprint density at radius 2 is 1.78 bits per heavy atom. The van der Waals surface area contributed by atoms with Crippen LogP contribution in [0, 0.1) is 0 Å². The van der Waals surface area contributed by atoms with Crippen molar-refractivity contribution in [1.29, 1.82) is 0 Å². The lowest BCUT2D eigenvalue weighted by molar-refractivity contribution is -0.139. The molecule has 0 aliphatic rings. The first-order valence-electron chi connectivity index (χ1n) is 6.35. The summed E-state index contributed by atoms with van der Waals surface area (Å²) >= 11 is 0. The normalized spacial score (nSPS) is 12.3. The number of rotatable bonds is 8. The lowest BCUT2D eigenvalue weighted by atomic mass is 10.2. The van der Waals surface area contributed by atoms with Gasteiger partial charge in [-0.1, -0.05) is 13.8 Å². The van der Waals surface area contributed by atoms with E-state index in [-0.39, 0.29) is 6.03 Å². The molecule has 0 aliphatic heterocycles. The van der Waals surface area contributed by atoms with Crippen molar-refractivity contribution in [2.75, 3.05) is 33.7 Å². The monoisotopic (exact) mass is 259 g/mol. The molecule has 0 unspecified atom stereocenters. The molecule has 2 amide bonds. The van der Waals surface area contributed by atoms with Crippen LogP contribution in [-0.2, 0) is 4.79 Å². The minimum Gasteiger partial charge on any atom is -0.480 e. The summed E-state index contributed by atoms with van der Waals surface area (Å²) in [6.07, 6.45) is 1.24. The van der Waals surface area contributed by atoms with Crippen LogP contribution in [0.5, 0.6) is 0 Å². The smallest absolute Gasteiger partial charge is 0.326 e. The topological polar surface area (TPSA) is 72.9 Å². The summed E-state index contributed by atoms with van der Waals surface area (Å²) in [6, 6.07) is -1.11. The van der Waals surface area contributed by atoms with Crippen LogP contribution >= 0.6 is 0 Å². The van der Waals surface area contributed by atoms with E-state index in [2.05, 4.69) is 5.32 Å². The molecule has 0 aromatic carbocycles. The Hall–Kier alpha value is -1.30. The largest absolute Gasteiger partial charge is 0.480 e. The zero-order chi connectivity index (χ0) is 14.1. The first-order chi connectivity index (χ1) is 8.42. The van der Waals surface area contributed by atoms with E-state index in [0.29, 0.717) is 19.5 Å². The molecule has 18 heavy (non-hydrogen) atoms. The van der Waals surface area contributed by atoms with Crippen LogP contribution in [0.15, 0.2) is 0 Å². The molecule has 106 valence electrons. The van der Waals surface area contributed by atoms with Crippen LogP contribution in [0.2, 0.25) is 0 Å². The van der Waals surface area contributed by atoms with Gasteiger partial charge in [-0.15, -0.1) is 0 Å². The van der Waals surface area contributed by atoms with Gasteiger partial charge in [-0.2, -0.15) is 0 Å². The van der Waals surface area contributed by atoms with Crippen molar-refractivity contribution in [3.63, 3.8) is 0 Å². The fourth-order valence-corrected chi connectivity index (χ4v) is 1.48. The third-order valence-corrected chi connectivity index (χ3v) is 2.60. The lowest BCUT2D eigenvalue weighted by Gasteiger charge is -2.25. The lowest BCUT2D eigenvalue weighted by Crippen LogP contribution is -2.49. The predicted octanol–water partition coefficient (Wildman–Crippen LogP) is 0.833. The average molecular weight is 259 g/mol. The Labute approximate surface area is 109 Å². The van der Waals surface area contributed by atoms with Gasteiger partial charge in [-0.3, -0.25) is 0 Å². The van der Waals surface area contributed by atoms with Crippen molar-refractivity contribution in [1.82, 2.24) is 15.1 Å². The van der Waals surface area contributed by atoms with Gasteiger partial charge >= 0.3 is 12.0 Å². The van der Waals surface area contributed by atoms with E-state index >= 15 is 0 Å². The Morgan fingerprint density at radius 1 is 1.17 bits per heavy atom. The first kappa shape index (κ1) is 16.7. The SMILES string of the molecule is CCCN(CCN(C)C)C(=O)N[C@@H](CC)C(=O)O. The summed E-state index contributed by atoms with van der Waals surface area (Å²) < 4.78 is 0. The van der Waals surface area contributed by atoms with Crippen molar-refractivity contribution in [2.45, 2.75) is 32.7 Å². The summed E-state index contributed by atoms with van der Waals surface area (Å²) in [5.41, 5.74) is 0. The Bertz CT molecular complexity index is 269. The standard InChI is InChI=1S/C12H25N3O3/c1-5-7-15(9-8-14(3)4)12(18)13-10(6-2)11(16)17/h10H,5-9H2,1-4H3,(H,13,18)(H,16,17)/t10-/m0/s1. The van der Waals surface area contributed by atoms with Gasteiger partial charge in [0.05, 0.1) is 0 Å². The van der Waals surface area contributed by atoms with E-state index in [1.807, 2.05) is 25.9 Å². The molecule has 0 spiro atoms. The average Bonchev–Trinajstić information content (AvgIpc) is 2.30. The van der Waals surface area contributed by atoms with E-state index < -0.39 is 12.0 Å². The summed E-state index contributed by atoms with van der Waals surface area (Å²) in [6.45, 7) is 5.73. The summed E-state index contributed by atoms with van der Waals surface area (Å²) in [7, 11) is 3.88. The number of urea groups is 1. The third kappa shape index (κ3) is 6.44. The summed E-state index contributed by atoms with van der Waals surface area (Å²) in [5, 5.41) is 11.5. The number of nitrogens with one attached hydrogen (secondary N) is 1. The first-order valence-corrected chi connectivity index (χ1v) is 6.35. The summed E-state index contributed by atoms with van der Waals surface area (Å²) in [5.74, 6) is -0.991. The maximum absolute atomic E-state index is 12.0. The van der Waals surface area contributed by atoms with Gasteiger partial charge in [0.1, 0.15) is 6.04 Å². The Balaban J connectivity index is 4.40. The van der Waals surface area contributed by atoms with Crippen LogP contribution in [0.4, 0.5) is 4.79 Å². The van der Waals surface area contributed by atoms with Crippen molar-refractivity contribution in [3.05, 3.63) is 0 Å². The molecule has 0 fully saturated rings. The van der Waals surface area contributed by atoms with Gasteiger partial charge in [0.15, 0.2) is 0 Å². The molecular weight excluding hydrogens is 234 g/mol. The number of hydrogen-bond donors (Lipinski definition) is 2. The number of carboxylic acids is 1. The Kier molecular flexibility index (Phi) is 8.11. The number of nitrogens with zero attached hydrogens (tertiary/aromatic N) is 2. The number of carbonyl (C=O) groups is 2. The highest BCUT2D eigenvalue weighted by atomic mass is 16.4. The van der Waals surface area contributed by atoms with Crippen molar-refractivity contribution in [2.24, 2.45) is 0 Å². The number of aliphatic carboxylic acids is 1. The highest BCUT2D eigenvalue weighted by Crippen LogP contribution is 1.97. The van der Waals surface area contributed by atoms with E-state index in [4.69, 9.17) is 5.11 Å². The van der Waals surface area contributed by atoms with Crippen LogP contribution in [0.3, 0.4) is 0 Å². The number of likely N-dealkylation sites (N-methyl/N-ethyl adjacent to an activating group) is 1. The van der Waals surface area contributed by atoms with Crippen molar-refractivity contribution in [3.8, 4) is 0 Å². The van der Waals surface area contributed by atoms with Gasteiger partial charge < -0.3 is 20.2 Å². The maximum atomic E-state index is 12.0. The van der Waals surface area contributed by atoms with E-state index in [9.17, 15) is 9.59 Å². The van der Waals surface area contributed by atoms with E-state index in [1.165, 1.54) is 0 Å². The van der Waals surface area contributed by atoms with Crippen LogP contribution in [-0.4, -0.2) is 66.7 Å². The predicted molar refractivity (Wildman–Crippen MR) is 70.7 cm³/mol. The quantitative estimate of drug-likeness (QED) is 0.677. The fraction of sp³-hybridized carbons (Fsp3) is 0.833. The molecule has 0 rings (SSSR count). The second-order valence-corrected chi connectivity index (χ2v) is 4.54. The molecule has 0 aromatic rings. The zero-order valence-corrected chi connectivity index (χ0v) is 11.8. The second kappa shape index (κ2) is 8.74. The zero-order valence-electron chi connectivity index (χ0n) is 11.8. The molecule has 0 saturated heterocycles. The molecule has 6 heteroatoms. The molecule has 2 N–H and O–H groups in total. The molecule has 6 nitrogen and oxygen atoms in total. The molecule has 0 bridgehead atoms. The molecule has 0 aromatic heterocycles. The molecule has 1 atom stereocenters. The number of hydrogen-bond acceptors (Lipinski definition) is 3. The maximum Gasteiger partial charge on any atom is 0.326 e. The van der Waals surface area contributed by atoms with Crippen LogP contribution in [0.1, 0.15) is 26.7 Å². The fourth-order valence-electron chi connectivity index (χ4n) is 1.48. The molecule has 0 heterocycles. The van der Waals surface area contributed by atoms with Gasteiger partial charge in [0, 0.05) is 19.6 Å². The van der Waals surface area contributed by atoms with Gasteiger partial charge in [0.2, 0.25) is 0 Å². The van der Waals surface area contributed by atoms with Crippen molar-refractivity contribution < 1.29 is 14.7 Å². The summed E-state index contributed by atoms with van der Waals surface area (Å²) in [4.78, 5) is 26.5. The van der Waals surface area contributed by atoms with E-state index in [1.54, 1.807) is 11.8 Å². The highest BCUT2D eigenvalue weighted by molar-refractivity contribution is 5.82. The van der Waals surface area contributed by atoms with Gasteiger partial charge in [0.25, 0.3) is 0 Å². The number of carboxylic acid groups (broad SMARTS) is 1. The minimum atomic E-state index is -0.991. The minimum absolute atomic E-state index is 0.298. The van der Waals surface area contributed by atoms with Crippen molar-refractivity contribution >= 4 is 12.0 Å². The van der Waals surface area contributed by atoms with Gasteiger partial charge in [-0.05, 0) is 26.9 Å². The number of carbonyl (C=O) groups excluding carboxylic acids is 1. The molecular formula is C12H25N3O3. The number of amides is 2. The van der Waals surface area contributed by atoms with Crippen LogP contribution < -0.4 is 5.32 Å². The third-order valence-electron chi connectivity index (χ3n) is 2.60. The highest BCUT2D eigenvalue weighted by Gasteiger charge is 2.20. The van der Waals surface area contributed by atoms with E-state index in [0.717, 1.165) is 13.0 Å². The molecule has 0 aliphatic carbocycles. The second-order valence-electron chi connectivity index (χ2n) is 4.54. The Morgan fingerprint density at radius 3 is 2.17 bits per heavy atom. The molecule has 0 saturated carbocycles.